The summed E-state index contributed by atoms with van der Waals surface area (Å²) in [7, 11) is 0. The molecule has 2 aromatic rings. The minimum absolute atomic E-state index is 0.442. The first-order chi connectivity index (χ1) is 9.99. The average Bonchev–Trinajstić information content (AvgIpc) is 2.48. The Labute approximate surface area is 119 Å². The van der Waals surface area contributed by atoms with Gasteiger partial charge in [0.25, 0.3) is 5.91 Å². The van der Waals surface area contributed by atoms with Gasteiger partial charge >= 0.3 is 0 Å². The fraction of sp³-hybridized carbons (Fsp3) is 0.133. The van der Waals surface area contributed by atoms with Gasteiger partial charge in [-0.05, 0) is 31.2 Å². The van der Waals surface area contributed by atoms with Crippen molar-refractivity contribution < 1.29 is 22.7 Å². The van der Waals surface area contributed by atoms with Gasteiger partial charge < -0.3 is 10.1 Å². The lowest BCUT2D eigenvalue weighted by Gasteiger charge is -2.15. The van der Waals surface area contributed by atoms with Crippen LogP contribution in [0.3, 0.4) is 0 Å². The maximum absolute atomic E-state index is 13.4. The fourth-order valence-electron chi connectivity index (χ4n) is 1.61. The van der Waals surface area contributed by atoms with E-state index in [4.69, 9.17) is 4.74 Å². The SMILES string of the molecule is CC(Oc1ccccc1)C(=O)Nc1ccc(F)c(F)c1F. The van der Waals surface area contributed by atoms with Crippen LogP contribution in [0.5, 0.6) is 5.75 Å². The third-order valence-corrected chi connectivity index (χ3v) is 2.72. The molecule has 1 atom stereocenters. The second-order valence-electron chi connectivity index (χ2n) is 4.29. The standard InChI is InChI=1S/C15H12F3NO2/c1-9(21-10-5-3-2-4-6-10)15(20)19-12-8-7-11(16)13(17)14(12)18/h2-9H,1H3,(H,19,20). The molecule has 0 aliphatic carbocycles. The van der Waals surface area contributed by atoms with Gasteiger partial charge in [-0.15, -0.1) is 0 Å². The first-order valence-electron chi connectivity index (χ1n) is 6.15. The number of carbonyl (C=O) groups is 1. The van der Waals surface area contributed by atoms with Gasteiger partial charge in [-0.25, -0.2) is 13.2 Å². The molecule has 0 fully saturated rings. The lowest BCUT2D eigenvalue weighted by Crippen LogP contribution is -2.30. The number of carbonyl (C=O) groups excluding carboxylic acids is 1. The van der Waals surface area contributed by atoms with Gasteiger partial charge in [0.1, 0.15) is 5.75 Å². The lowest BCUT2D eigenvalue weighted by atomic mass is 10.2. The molecule has 2 aromatic carbocycles. The molecule has 1 amide bonds. The number of halogens is 3. The van der Waals surface area contributed by atoms with Crippen LogP contribution in [-0.4, -0.2) is 12.0 Å². The van der Waals surface area contributed by atoms with Crippen LogP contribution < -0.4 is 10.1 Å². The molecule has 6 heteroatoms. The second-order valence-corrected chi connectivity index (χ2v) is 4.29. The topological polar surface area (TPSA) is 38.3 Å². The quantitative estimate of drug-likeness (QED) is 0.877. The zero-order chi connectivity index (χ0) is 15.4. The first kappa shape index (κ1) is 14.9. The first-order valence-corrected chi connectivity index (χ1v) is 6.15. The molecular weight excluding hydrogens is 283 g/mol. The summed E-state index contributed by atoms with van der Waals surface area (Å²) in [4.78, 5) is 11.8. The molecule has 0 aromatic heterocycles. The molecule has 110 valence electrons. The molecule has 0 bridgehead atoms. The van der Waals surface area contributed by atoms with Gasteiger partial charge in [-0.3, -0.25) is 4.79 Å². The maximum atomic E-state index is 13.4. The molecule has 1 N–H and O–H groups in total. The van der Waals surface area contributed by atoms with Crippen molar-refractivity contribution in [3.63, 3.8) is 0 Å². The molecule has 3 nitrogen and oxygen atoms in total. The Kier molecular flexibility index (Phi) is 4.47. The number of rotatable bonds is 4. The molecule has 0 saturated carbocycles. The third-order valence-electron chi connectivity index (χ3n) is 2.72. The molecule has 2 rings (SSSR count). The van der Waals surface area contributed by atoms with Gasteiger partial charge in [-0.2, -0.15) is 0 Å². The smallest absolute Gasteiger partial charge is 0.265 e. The average molecular weight is 295 g/mol. The van der Waals surface area contributed by atoms with Crippen molar-refractivity contribution in [2.75, 3.05) is 5.32 Å². The van der Waals surface area contributed by atoms with Crippen molar-refractivity contribution >= 4 is 11.6 Å². The summed E-state index contributed by atoms with van der Waals surface area (Å²) in [6.07, 6.45) is -0.931. The van der Waals surface area contributed by atoms with Crippen LogP contribution in [-0.2, 0) is 4.79 Å². The predicted octanol–water partition coefficient (Wildman–Crippen LogP) is 3.51. The summed E-state index contributed by atoms with van der Waals surface area (Å²) in [6.45, 7) is 1.46. The Morgan fingerprint density at radius 1 is 1.05 bits per heavy atom. The van der Waals surface area contributed by atoms with Crippen molar-refractivity contribution in [3.05, 3.63) is 59.9 Å². The molecular formula is C15H12F3NO2. The maximum Gasteiger partial charge on any atom is 0.265 e. The molecule has 0 aliphatic heterocycles. The zero-order valence-corrected chi connectivity index (χ0v) is 11.1. The van der Waals surface area contributed by atoms with Crippen LogP contribution in [0.1, 0.15) is 6.92 Å². The number of amides is 1. The summed E-state index contributed by atoms with van der Waals surface area (Å²) in [5.41, 5.74) is -0.442. The Hall–Kier alpha value is -2.50. The Bertz CT molecular complexity index is 647. The minimum atomic E-state index is -1.63. The van der Waals surface area contributed by atoms with E-state index in [1.165, 1.54) is 6.92 Å². The van der Waals surface area contributed by atoms with Crippen LogP contribution in [0.25, 0.3) is 0 Å². The van der Waals surface area contributed by atoms with Crippen LogP contribution in [0.15, 0.2) is 42.5 Å². The van der Waals surface area contributed by atoms with Crippen molar-refractivity contribution in [3.8, 4) is 5.75 Å². The number of para-hydroxylation sites is 1. The Morgan fingerprint density at radius 3 is 2.38 bits per heavy atom. The number of benzene rings is 2. The summed E-state index contributed by atoms with van der Waals surface area (Å²) >= 11 is 0. The number of nitrogens with one attached hydrogen (secondary N) is 1. The van der Waals surface area contributed by atoms with E-state index in [-0.39, 0.29) is 0 Å². The predicted molar refractivity (Wildman–Crippen MR) is 71.5 cm³/mol. The highest BCUT2D eigenvalue weighted by Gasteiger charge is 2.19. The molecule has 0 heterocycles. The van der Waals surface area contributed by atoms with Gasteiger partial charge in [0.2, 0.25) is 0 Å². The lowest BCUT2D eigenvalue weighted by molar-refractivity contribution is -0.122. The monoisotopic (exact) mass is 295 g/mol. The van der Waals surface area contributed by atoms with E-state index in [9.17, 15) is 18.0 Å². The van der Waals surface area contributed by atoms with Gasteiger partial charge in [0.15, 0.2) is 23.6 Å². The van der Waals surface area contributed by atoms with Crippen molar-refractivity contribution in [1.29, 1.82) is 0 Å². The molecule has 0 spiro atoms. The van der Waals surface area contributed by atoms with E-state index in [2.05, 4.69) is 5.32 Å². The minimum Gasteiger partial charge on any atom is -0.481 e. The van der Waals surface area contributed by atoms with Crippen molar-refractivity contribution in [2.45, 2.75) is 13.0 Å². The summed E-state index contributed by atoms with van der Waals surface area (Å²) < 4.78 is 44.6. The zero-order valence-electron chi connectivity index (χ0n) is 11.1. The van der Waals surface area contributed by atoms with Gasteiger partial charge in [-0.1, -0.05) is 18.2 Å². The summed E-state index contributed by atoms with van der Waals surface area (Å²) in [5, 5.41) is 2.15. The molecule has 0 radical (unpaired) electrons. The van der Waals surface area contributed by atoms with Gasteiger partial charge in [0.05, 0.1) is 5.69 Å². The second kappa shape index (κ2) is 6.30. The van der Waals surface area contributed by atoms with E-state index in [0.717, 1.165) is 12.1 Å². The fourth-order valence-corrected chi connectivity index (χ4v) is 1.61. The number of hydrogen-bond acceptors (Lipinski definition) is 2. The highest BCUT2D eigenvalue weighted by molar-refractivity contribution is 5.94. The molecule has 0 saturated heterocycles. The number of anilines is 1. The number of ether oxygens (including phenoxy) is 1. The van der Waals surface area contributed by atoms with E-state index >= 15 is 0 Å². The molecule has 21 heavy (non-hydrogen) atoms. The molecule has 0 aliphatic rings. The van der Waals surface area contributed by atoms with Crippen molar-refractivity contribution in [1.82, 2.24) is 0 Å². The highest BCUT2D eigenvalue weighted by Crippen LogP contribution is 2.20. The normalized spacial score (nSPS) is 11.8. The van der Waals surface area contributed by atoms with Crippen molar-refractivity contribution in [2.24, 2.45) is 0 Å². The number of hydrogen-bond donors (Lipinski definition) is 1. The Balaban J connectivity index is 2.06. The van der Waals surface area contributed by atoms with Crippen LogP contribution in [0, 0.1) is 17.5 Å². The van der Waals surface area contributed by atoms with E-state index < -0.39 is 35.2 Å². The van der Waals surface area contributed by atoms with E-state index in [0.29, 0.717) is 5.75 Å². The van der Waals surface area contributed by atoms with Crippen LogP contribution in [0.4, 0.5) is 18.9 Å². The van der Waals surface area contributed by atoms with Crippen LogP contribution in [0.2, 0.25) is 0 Å². The van der Waals surface area contributed by atoms with E-state index in [1.54, 1.807) is 30.3 Å². The van der Waals surface area contributed by atoms with E-state index in [1.807, 2.05) is 0 Å². The van der Waals surface area contributed by atoms with Crippen LogP contribution >= 0.6 is 0 Å². The Morgan fingerprint density at radius 2 is 1.71 bits per heavy atom. The molecule has 1 unspecified atom stereocenters. The van der Waals surface area contributed by atoms with Gasteiger partial charge in [0, 0.05) is 0 Å². The summed E-state index contributed by atoms with van der Waals surface area (Å²) in [6, 6.07) is 10.2. The third kappa shape index (κ3) is 3.53. The largest absolute Gasteiger partial charge is 0.481 e. The summed E-state index contributed by atoms with van der Waals surface area (Å²) in [5.74, 6) is -4.62. The highest BCUT2D eigenvalue weighted by atomic mass is 19.2.